The summed E-state index contributed by atoms with van der Waals surface area (Å²) in [6, 6.07) is 13.3. The standard InChI is InChI=1S/C18H22N4O2/c1-15(24-16-7-3-2-4-8-16)18(23)22-12-6-11-21(13-14-22)17-9-5-10-19-20-17/h2-5,7-10,15H,6,11-14H2,1H3/t15-/m0/s1. The second-order valence-corrected chi connectivity index (χ2v) is 5.82. The lowest BCUT2D eigenvalue weighted by Gasteiger charge is -2.25. The highest BCUT2D eigenvalue weighted by Crippen LogP contribution is 2.15. The van der Waals surface area contributed by atoms with Crippen molar-refractivity contribution in [3.8, 4) is 5.75 Å². The molecule has 1 fully saturated rings. The van der Waals surface area contributed by atoms with Gasteiger partial charge < -0.3 is 14.5 Å². The third-order valence-electron chi connectivity index (χ3n) is 4.09. The van der Waals surface area contributed by atoms with Crippen LogP contribution in [0.25, 0.3) is 0 Å². The van der Waals surface area contributed by atoms with Crippen LogP contribution in [0.15, 0.2) is 48.7 Å². The van der Waals surface area contributed by atoms with Crippen molar-refractivity contribution in [3.05, 3.63) is 48.7 Å². The topological polar surface area (TPSA) is 58.6 Å². The van der Waals surface area contributed by atoms with Crippen LogP contribution < -0.4 is 9.64 Å². The minimum absolute atomic E-state index is 0.0276. The van der Waals surface area contributed by atoms with Crippen molar-refractivity contribution in [1.82, 2.24) is 15.1 Å². The van der Waals surface area contributed by atoms with Crippen LogP contribution in [0.2, 0.25) is 0 Å². The first kappa shape index (κ1) is 16.2. The molecule has 1 saturated heterocycles. The maximum Gasteiger partial charge on any atom is 0.263 e. The predicted molar refractivity (Wildman–Crippen MR) is 92.0 cm³/mol. The summed E-state index contributed by atoms with van der Waals surface area (Å²) in [6.45, 7) is 4.83. The molecule has 0 unspecified atom stereocenters. The molecule has 1 aliphatic rings. The molecule has 2 heterocycles. The third-order valence-corrected chi connectivity index (χ3v) is 4.09. The van der Waals surface area contributed by atoms with E-state index in [1.165, 1.54) is 0 Å². The van der Waals surface area contributed by atoms with Gasteiger partial charge in [-0.25, -0.2) is 0 Å². The van der Waals surface area contributed by atoms with E-state index in [1.54, 1.807) is 13.1 Å². The first-order chi connectivity index (χ1) is 11.7. The zero-order valence-electron chi connectivity index (χ0n) is 13.8. The first-order valence-electron chi connectivity index (χ1n) is 8.27. The summed E-state index contributed by atoms with van der Waals surface area (Å²) in [5, 5.41) is 8.08. The second-order valence-electron chi connectivity index (χ2n) is 5.82. The van der Waals surface area contributed by atoms with Crippen LogP contribution in [-0.2, 0) is 4.79 Å². The summed E-state index contributed by atoms with van der Waals surface area (Å²) in [5.41, 5.74) is 0. The molecule has 1 aromatic heterocycles. The molecule has 0 aliphatic carbocycles. The Bertz CT molecular complexity index is 651. The quantitative estimate of drug-likeness (QED) is 0.860. The number of anilines is 1. The van der Waals surface area contributed by atoms with Crippen LogP contribution in [0.5, 0.6) is 5.75 Å². The Labute approximate surface area is 142 Å². The van der Waals surface area contributed by atoms with Gasteiger partial charge in [0.1, 0.15) is 5.75 Å². The number of benzene rings is 1. The van der Waals surface area contributed by atoms with Crippen LogP contribution in [0, 0.1) is 0 Å². The Morgan fingerprint density at radius 1 is 1.08 bits per heavy atom. The van der Waals surface area contributed by atoms with Crippen molar-refractivity contribution >= 4 is 11.7 Å². The summed E-state index contributed by atoms with van der Waals surface area (Å²) in [7, 11) is 0. The van der Waals surface area contributed by atoms with Gasteiger partial charge in [-0.05, 0) is 37.6 Å². The normalized spacial score (nSPS) is 16.4. The van der Waals surface area contributed by atoms with Gasteiger partial charge in [0, 0.05) is 32.4 Å². The van der Waals surface area contributed by atoms with Gasteiger partial charge in [0.05, 0.1) is 0 Å². The molecule has 6 nitrogen and oxygen atoms in total. The molecule has 1 aliphatic heterocycles. The average molecular weight is 326 g/mol. The van der Waals surface area contributed by atoms with Crippen LogP contribution in [0.3, 0.4) is 0 Å². The van der Waals surface area contributed by atoms with Gasteiger partial charge in [0.25, 0.3) is 5.91 Å². The molecule has 1 atom stereocenters. The molecule has 126 valence electrons. The molecule has 0 spiro atoms. The Kier molecular flexibility index (Phi) is 5.25. The molecule has 2 aromatic rings. The van der Waals surface area contributed by atoms with Crippen LogP contribution in [0.4, 0.5) is 5.82 Å². The smallest absolute Gasteiger partial charge is 0.263 e. The number of carbonyl (C=O) groups excluding carboxylic acids is 1. The minimum atomic E-state index is -0.490. The van der Waals surface area contributed by atoms with E-state index in [4.69, 9.17) is 4.74 Å². The Hall–Kier alpha value is -2.63. The van der Waals surface area contributed by atoms with Gasteiger partial charge >= 0.3 is 0 Å². The van der Waals surface area contributed by atoms with E-state index in [9.17, 15) is 4.79 Å². The third kappa shape index (κ3) is 4.01. The van der Waals surface area contributed by atoms with Crippen molar-refractivity contribution in [2.45, 2.75) is 19.4 Å². The van der Waals surface area contributed by atoms with E-state index in [0.717, 1.165) is 31.9 Å². The number of amides is 1. The van der Waals surface area contributed by atoms with Crippen molar-refractivity contribution in [1.29, 1.82) is 0 Å². The number of hydrogen-bond acceptors (Lipinski definition) is 5. The fraction of sp³-hybridized carbons (Fsp3) is 0.389. The summed E-state index contributed by atoms with van der Waals surface area (Å²) in [6.07, 6.45) is 2.08. The highest BCUT2D eigenvalue weighted by atomic mass is 16.5. The molecular weight excluding hydrogens is 304 g/mol. The Morgan fingerprint density at radius 2 is 1.92 bits per heavy atom. The van der Waals surface area contributed by atoms with E-state index < -0.39 is 6.10 Å². The van der Waals surface area contributed by atoms with Crippen LogP contribution in [-0.4, -0.2) is 53.3 Å². The zero-order valence-corrected chi connectivity index (χ0v) is 13.8. The second kappa shape index (κ2) is 7.77. The van der Waals surface area contributed by atoms with E-state index >= 15 is 0 Å². The summed E-state index contributed by atoms with van der Waals surface area (Å²) in [4.78, 5) is 16.7. The zero-order chi connectivity index (χ0) is 16.8. The van der Waals surface area contributed by atoms with Crippen molar-refractivity contribution in [2.75, 3.05) is 31.1 Å². The van der Waals surface area contributed by atoms with Crippen molar-refractivity contribution in [2.24, 2.45) is 0 Å². The monoisotopic (exact) mass is 326 g/mol. The maximum atomic E-state index is 12.7. The lowest BCUT2D eigenvalue weighted by molar-refractivity contribution is -0.137. The fourth-order valence-corrected chi connectivity index (χ4v) is 2.84. The highest BCUT2D eigenvalue weighted by Gasteiger charge is 2.25. The number of hydrogen-bond donors (Lipinski definition) is 0. The van der Waals surface area contributed by atoms with Gasteiger partial charge in [-0.1, -0.05) is 18.2 Å². The fourth-order valence-electron chi connectivity index (χ4n) is 2.84. The number of rotatable bonds is 4. The van der Waals surface area contributed by atoms with Crippen LogP contribution in [0.1, 0.15) is 13.3 Å². The van der Waals surface area contributed by atoms with E-state index in [0.29, 0.717) is 12.3 Å². The molecule has 3 rings (SSSR count). The number of ether oxygens (including phenoxy) is 1. The van der Waals surface area contributed by atoms with E-state index in [1.807, 2.05) is 47.4 Å². The Balaban J connectivity index is 1.58. The highest BCUT2D eigenvalue weighted by molar-refractivity contribution is 5.81. The van der Waals surface area contributed by atoms with Crippen LogP contribution >= 0.6 is 0 Å². The van der Waals surface area contributed by atoms with Gasteiger partial charge in [0.15, 0.2) is 11.9 Å². The van der Waals surface area contributed by atoms with Crippen molar-refractivity contribution < 1.29 is 9.53 Å². The average Bonchev–Trinajstić information content (AvgIpc) is 2.89. The van der Waals surface area contributed by atoms with Crippen molar-refractivity contribution in [3.63, 3.8) is 0 Å². The van der Waals surface area contributed by atoms with Gasteiger partial charge in [-0.2, -0.15) is 5.10 Å². The molecule has 24 heavy (non-hydrogen) atoms. The first-order valence-corrected chi connectivity index (χ1v) is 8.27. The summed E-state index contributed by atoms with van der Waals surface area (Å²) in [5.74, 6) is 1.61. The molecule has 0 N–H and O–H groups in total. The molecular formula is C18H22N4O2. The number of aromatic nitrogens is 2. The lowest BCUT2D eigenvalue weighted by Crippen LogP contribution is -2.42. The Morgan fingerprint density at radius 3 is 2.67 bits per heavy atom. The van der Waals surface area contributed by atoms with Gasteiger partial charge in [0.2, 0.25) is 0 Å². The summed E-state index contributed by atoms with van der Waals surface area (Å²) >= 11 is 0. The predicted octanol–water partition coefficient (Wildman–Crippen LogP) is 1.98. The van der Waals surface area contributed by atoms with Gasteiger partial charge in [-0.15, -0.1) is 5.10 Å². The molecule has 0 radical (unpaired) electrons. The summed E-state index contributed by atoms with van der Waals surface area (Å²) < 4.78 is 5.75. The minimum Gasteiger partial charge on any atom is -0.481 e. The lowest BCUT2D eigenvalue weighted by atomic mass is 10.3. The number of para-hydroxylation sites is 1. The molecule has 0 saturated carbocycles. The maximum absolute atomic E-state index is 12.7. The SMILES string of the molecule is C[C@H](Oc1ccccc1)C(=O)N1CCCN(c2cccnn2)CC1. The largest absolute Gasteiger partial charge is 0.481 e. The molecule has 0 bridgehead atoms. The molecule has 1 amide bonds. The number of carbonyl (C=O) groups is 1. The van der Waals surface area contributed by atoms with E-state index in [-0.39, 0.29) is 5.91 Å². The number of nitrogens with zero attached hydrogens (tertiary/aromatic N) is 4. The van der Waals surface area contributed by atoms with E-state index in [2.05, 4.69) is 15.1 Å². The van der Waals surface area contributed by atoms with Gasteiger partial charge in [-0.3, -0.25) is 4.79 Å². The molecule has 6 heteroatoms. The molecule has 1 aromatic carbocycles.